The van der Waals surface area contributed by atoms with Crippen molar-refractivity contribution in [3.05, 3.63) is 71.7 Å². The van der Waals surface area contributed by atoms with Crippen LogP contribution in [0.15, 0.2) is 59.2 Å². The van der Waals surface area contributed by atoms with Crippen LogP contribution in [0.3, 0.4) is 0 Å². The van der Waals surface area contributed by atoms with Crippen LogP contribution in [0.4, 0.5) is 11.4 Å². The highest BCUT2D eigenvalue weighted by Gasteiger charge is 2.15. The first-order valence-electron chi connectivity index (χ1n) is 8.50. The molecule has 0 fully saturated rings. The Morgan fingerprint density at radius 3 is 2.39 bits per heavy atom. The number of carbonyl (C=O) groups is 2. The van der Waals surface area contributed by atoms with Gasteiger partial charge in [0, 0.05) is 17.4 Å². The van der Waals surface area contributed by atoms with Gasteiger partial charge in [-0.2, -0.15) is 0 Å². The van der Waals surface area contributed by atoms with Crippen molar-refractivity contribution in [2.24, 2.45) is 0 Å². The number of methoxy groups -OCH3 is 2. The summed E-state index contributed by atoms with van der Waals surface area (Å²) in [5, 5.41) is 5.60. The number of rotatable bonds is 6. The number of carbonyl (C=O) groups excluding carboxylic acids is 2. The second-order valence-electron chi connectivity index (χ2n) is 5.98. The smallest absolute Gasteiger partial charge is 0.291 e. The Hall–Kier alpha value is -3.74. The quantitative estimate of drug-likeness (QED) is 0.672. The zero-order valence-corrected chi connectivity index (χ0v) is 15.7. The van der Waals surface area contributed by atoms with Crippen LogP contribution in [-0.2, 0) is 0 Å². The Morgan fingerprint density at radius 1 is 0.929 bits per heavy atom. The minimum atomic E-state index is -0.340. The maximum absolute atomic E-state index is 12.6. The van der Waals surface area contributed by atoms with Gasteiger partial charge in [-0.3, -0.25) is 9.59 Å². The van der Waals surface area contributed by atoms with Crippen molar-refractivity contribution in [1.29, 1.82) is 0 Å². The van der Waals surface area contributed by atoms with Gasteiger partial charge < -0.3 is 24.5 Å². The molecule has 0 aliphatic heterocycles. The van der Waals surface area contributed by atoms with Crippen LogP contribution >= 0.6 is 0 Å². The summed E-state index contributed by atoms with van der Waals surface area (Å²) in [4.78, 5) is 24.7. The van der Waals surface area contributed by atoms with Crippen LogP contribution in [0.5, 0.6) is 11.5 Å². The third kappa shape index (κ3) is 4.15. The minimum absolute atomic E-state index is 0.225. The van der Waals surface area contributed by atoms with Crippen LogP contribution in [0.25, 0.3) is 0 Å². The number of furan rings is 1. The standard InChI is InChI=1S/C21H20N2O5/c1-13-11-14(6-9-17(13)23-21(25)18-5-4-10-28-18)22-20(24)16-8-7-15(26-2)12-19(16)27-3/h4-12H,1-3H3,(H,22,24)(H,23,25). The summed E-state index contributed by atoms with van der Waals surface area (Å²) < 4.78 is 15.5. The van der Waals surface area contributed by atoms with Crippen molar-refractivity contribution in [2.45, 2.75) is 6.92 Å². The molecule has 2 N–H and O–H groups in total. The second kappa shape index (κ2) is 8.30. The molecule has 0 radical (unpaired) electrons. The number of benzene rings is 2. The van der Waals surface area contributed by atoms with Crippen molar-refractivity contribution in [1.82, 2.24) is 0 Å². The lowest BCUT2D eigenvalue weighted by atomic mass is 10.1. The van der Waals surface area contributed by atoms with Crippen LogP contribution in [0.1, 0.15) is 26.5 Å². The Kier molecular flexibility index (Phi) is 5.64. The molecule has 2 aromatic carbocycles. The van der Waals surface area contributed by atoms with Gasteiger partial charge in [0.1, 0.15) is 11.5 Å². The van der Waals surface area contributed by atoms with E-state index in [1.54, 1.807) is 55.6 Å². The van der Waals surface area contributed by atoms with Crippen LogP contribution < -0.4 is 20.1 Å². The fraction of sp³-hybridized carbons (Fsp3) is 0.143. The third-order valence-electron chi connectivity index (χ3n) is 4.13. The molecule has 0 bridgehead atoms. The van der Waals surface area contributed by atoms with Gasteiger partial charge in [-0.25, -0.2) is 0 Å². The average molecular weight is 380 g/mol. The van der Waals surface area contributed by atoms with Gasteiger partial charge in [-0.1, -0.05) is 0 Å². The molecule has 3 aromatic rings. The fourth-order valence-corrected chi connectivity index (χ4v) is 2.66. The molecule has 0 unspecified atom stereocenters. The van der Waals surface area contributed by atoms with Gasteiger partial charge in [0.05, 0.1) is 26.0 Å². The molecule has 0 atom stereocenters. The van der Waals surface area contributed by atoms with E-state index in [0.29, 0.717) is 28.4 Å². The molecule has 0 aliphatic carbocycles. The number of hydrogen-bond donors (Lipinski definition) is 2. The molecular weight excluding hydrogens is 360 g/mol. The lowest BCUT2D eigenvalue weighted by Gasteiger charge is -2.13. The summed E-state index contributed by atoms with van der Waals surface area (Å²) in [5.41, 5.74) is 2.40. The molecule has 7 nitrogen and oxygen atoms in total. The van der Waals surface area contributed by atoms with Gasteiger partial charge in [0.2, 0.25) is 0 Å². The van der Waals surface area contributed by atoms with Crippen molar-refractivity contribution in [3.8, 4) is 11.5 Å². The second-order valence-corrected chi connectivity index (χ2v) is 5.98. The number of amides is 2. The molecule has 144 valence electrons. The lowest BCUT2D eigenvalue weighted by Crippen LogP contribution is -2.14. The summed E-state index contributed by atoms with van der Waals surface area (Å²) in [6.45, 7) is 1.83. The SMILES string of the molecule is COc1ccc(C(=O)Nc2ccc(NC(=O)c3ccco3)c(C)c2)c(OC)c1. The van der Waals surface area contributed by atoms with Crippen LogP contribution in [-0.4, -0.2) is 26.0 Å². The van der Waals surface area contributed by atoms with E-state index in [1.165, 1.54) is 13.4 Å². The van der Waals surface area contributed by atoms with Gasteiger partial charge in [0.25, 0.3) is 11.8 Å². The van der Waals surface area contributed by atoms with Gasteiger partial charge in [0.15, 0.2) is 5.76 Å². The van der Waals surface area contributed by atoms with E-state index in [-0.39, 0.29) is 17.6 Å². The third-order valence-corrected chi connectivity index (χ3v) is 4.13. The molecule has 0 spiro atoms. The highest BCUT2D eigenvalue weighted by atomic mass is 16.5. The highest BCUT2D eigenvalue weighted by Crippen LogP contribution is 2.26. The van der Waals surface area contributed by atoms with Gasteiger partial charge in [-0.15, -0.1) is 0 Å². The summed E-state index contributed by atoms with van der Waals surface area (Å²) in [5.74, 6) is 0.583. The zero-order valence-electron chi connectivity index (χ0n) is 15.7. The Bertz CT molecular complexity index is 996. The zero-order chi connectivity index (χ0) is 20.1. The maximum atomic E-state index is 12.6. The predicted molar refractivity (Wildman–Crippen MR) is 105 cm³/mol. The van der Waals surface area contributed by atoms with Gasteiger partial charge in [-0.05, 0) is 55.0 Å². The largest absolute Gasteiger partial charge is 0.497 e. The molecule has 1 aromatic heterocycles. The summed E-state index contributed by atoms with van der Waals surface area (Å²) in [6, 6.07) is 13.4. The van der Waals surface area contributed by atoms with E-state index in [1.807, 2.05) is 6.92 Å². The summed E-state index contributed by atoms with van der Waals surface area (Å²) >= 11 is 0. The first-order valence-corrected chi connectivity index (χ1v) is 8.50. The van der Waals surface area contributed by atoms with Crippen molar-refractivity contribution < 1.29 is 23.5 Å². The van der Waals surface area contributed by atoms with Gasteiger partial charge >= 0.3 is 0 Å². The molecule has 28 heavy (non-hydrogen) atoms. The normalized spacial score (nSPS) is 10.2. The molecule has 0 saturated heterocycles. The topological polar surface area (TPSA) is 89.8 Å². The van der Waals surface area contributed by atoms with E-state index < -0.39 is 0 Å². The number of nitrogens with one attached hydrogen (secondary N) is 2. The molecule has 0 saturated carbocycles. The van der Waals surface area contributed by atoms with Crippen molar-refractivity contribution in [2.75, 3.05) is 24.9 Å². The van der Waals surface area contributed by atoms with E-state index in [9.17, 15) is 9.59 Å². The molecule has 0 aliphatic rings. The van der Waals surface area contributed by atoms with Crippen LogP contribution in [0.2, 0.25) is 0 Å². The summed E-state index contributed by atoms with van der Waals surface area (Å²) in [7, 11) is 3.04. The molecule has 2 amide bonds. The fourth-order valence-electron chi connectivity index (χ4n) is 2.66. The predicted octanol–water partition coefficient (Wildman–Crippen LogP) is 4.11. The molecule has 7 heteroatoms. The number of anilines is 2. The number of hydrogen-bond acceptors (Lipinski definition) is 5. The van der Waals surface area contributed by atoms with E-state index >= 15 is 0 Å². The first-order chi connectivity index (χ1) is 13.5. The average Bonchev–Trinajstić information content (AvgIpc) is 3.24. The Balaban J connectivity index is 1.74. The van der Waals surface area contributed by atoms with Crippen LogP contribution in [0, 0.1) is 6.92 Å². The lowest BCUT2D eigenvalue weighted by molar-refractivity contribution is 0.0994. The Labute approximate surface area is 162 Å². The van der Waals surface area contributed by atoms with E-state index in [4.69, 9.17) is 13.9 Å². The molecule has 1 heterocycles. The summed E-state index contributed by atoms with van der Waals surface area (Å²) in [6.07, 6.45) is 1.44. The monoisotopic (exact) mass is 380 g/mol. The minimum Gasteiger partial charge on any atom is -0.497 e. The highest BCUT2D eigenvalue weighted by molar-refractivity contribution is 6.07. The number of ether oxygens (including phenoxy) is 2. The Morgan fingerprint density at radius 2 is 1.75 bits per heavy atom. The first kappa shape index (κ1) is 19.0. The molecular formula is C21H20N2O5. The molecule has 3 rings (SSSR count). The van der Waals surface area contributed by atoms with E-state index in [0.717, 1.165) is 5.56 Å². The van der Waals surface area contributed by atoms with Crippen molar-refractivity contribution in [3.63, 3.8) is 0 Å². The maximum Gasteiger partial charge on any atom is 0.291 e. The van der Waals surface area contributed by atoms with Crippen molar-refractivity contribution >= 4 is 23.2 Å². The number of aryl methyl sites for hydroxylation is 1. The van der Waals surface area contributed by atoms with E-state index in [2.05, 4.69) is 10.6 Å².